The lowest BCUT2D eigenvalue weighted by atomic mass is 10.1. The Balaban J connectivity index is 0.000000460. The van der Waals surface area contributed by atoms with Crippen LogP contribution in [0.25, 0.3) is 0 Å². The quantitative estimate of drug-likeness (QED) is 0.0729. The normalized spacial score (nSPS) is 10.1. The van der Waals surface area contributed by atoms with Crippen LogP contribution in [0.15, 0.2) is 84.9 Å². The maximum atomic E-state index is 12.4. The summed E-state index contributed by atoms with van der Waals surface area (Å²) in [7, 11) is 0. The predicted octanol–water partition coefficient (Wildman–Crippen LogP) is 10.9. The Morgan fingerprint density at radius 1 is 0.451 bits per heavy atom. The SMILES string of the molecule is CCCCCCCCOC(=O)c1ccccc1C(=O)OCCCCCCCC.O=C(O)CCCCC(=O)O.c1ccc(Oc2ccccc2)cc1. The van der Waals surface area contributed by atoms with Crippen LogP contribution >= 0.6 is 0 Å². The van der Waals surface area contributed by atoms with E-state index in [-0.39, 0.29) is 12.8 Å². The second-order valence-corrected chi connectivity index (χ2v) is 12.1. The molecule has 0 fully saturated rings. The van der Waals surface area contributed by atoms with Gasteiger partial charge in [0.15, 0.2) is 0 Å². The lowest BCUT2D eigenvalue weighted by Crippen LogP contribution is -2.15. The molecule has 0 saturated carbocycles. The second kappa shape index (κ2) is 30.2. The van der Waals surface area contributed by atoms with E-state index in [2.05, 4.69) is 13.8 Å². The summed E-state index contributed by atoms with van der Waals surface area (Å²) in [6.45, 7) is 5.17. The monoisotopic (exact) mass is 706 g/mol. The molecule has 0 radical (unpaired) electrons. The molecule has 0 aromatic heterocycles. The molecule has 0 unspecified atom stereocenters. The van der Waals surface area contributed by atoms with Crippen molar-refractivity contribution in [2.75, 3.05) is 13.2 Å². The minimum atomic E-state index is -0.870. The second-order valence-electron chi connectivity index (χ2n) is 12.1. The van der Waals surface area contributed by atoms with Gasteiger partial charge in [-0.25, -0.2) is 9.59 Å². The smallest absolute Gasteiger partial charge is 0.339 e. The fraction of sp³-hybridized carbons (Fsp3) is 0.476. The molecule has 9 nitrogen and oxygen atoms in total. The number of carbonyl (C=O) groups is 4. The van der Waals surface area contributed by atoms with Crippen LogP contribution in [0.4, 0.5) is 0 Å². The molecular weight excluding hydrogens is 648 g/mol. The van der Waals surface area contributed by atoms with Gasteiger partial charge in [0.1, 0.15) is 11.5 Å². The van der Waals surface area contributed by atoms with Crippen molar-refractivity contribution in [1.29, 1.82) is 0 Å². The van der Waals surface area contributed by atoms with Gasteiger partial charge in [0.05, 0.1) is 24.3 Å². The van der Waals surface area contributed by atoms with E-state index < -0.39 is 23.9 Å². The van der Waals surface area contributed by atoms with Gasteiger partial charge in [-0.3, -0.25) is 9.59 Å². The topological polar surface area (TPSA) is 136 Å². The molecule has 3 rings (SSSR count). The first kappa shape index (κ1) is 44.4. The number of carboxylic acids is 2. The van der Waals surface area contributed by atoms with E-state index in [1.54, 1.807) is 24.3 Å². The molecular formula is C42H58O9. The van der Waals surface area contributed by atoms with Crippen LogP contribution in [0.1, 0.15) is 137 Å². The number of para-hydroxylation sites is 2. The fourth-order valence-electron chi connectivity index (χ4n) is 4.75. The van der Waals surface area contributed by atoms with Gasteiger partial charge in [-0.1, -0.05) is 127 Å². The van der Waals surface area contributed by atoms with Crippen LogP contribution in [0.5, 0.6) is 11.5 Å². The van der Waals surface area contributed by atoms with Crippen molar-refractivity contribution in [2.45, 2.75) is 117 Å². The van der Waals surface area contributed by atoms with E-state index >= 15 is 0 Å². The van der Waals surface area contributed by atoms with Crippen LogP contribution in [0.2, 0.25) is 0 Å². The predicted molar refractivity (Wildman–Crippen MR) is 200 cm³/mol. The molecule has 0 aliphatic rings. The number of benzene rings is 3. The zero-order valence-corrected chi connectivity index (χ0v) is 30.6. The number of hydrogen-bond donors (Lipinski definition) is 2. The molecule has 3 aromatic rings. The lowest BCUT2D eigenvalue weighted by molar-refractivity contribution is -0.139. The third kappa shape index (κ3) is 24.2. The van der Waals surface area contributed by atoms with Crippen LogP contribution in [-0.2, 0) is 19.1 Å². The van der Waals surface area contributed by atoms with E-state index in [9.17, 15) is 19.2 Å². The highest BCUT2D eigenvalue weighted by Crippen LogP contribution is 2.19. The number of rotatable bonds is 23. The first-order valence-electron chi connectivity index (χ1n) is 18.4. The molecule has 3 aromatic carbocycles. The molecule has 280 valence electrons. The average molecular weight is 707 g/mol. The average Bonchev–Trinajstić information content (AvgIpc) is 3.14. The van der Waals surface area contributed by atoms with Crippen molar-refractivity contribution in [3.63, 3.8) is 0 Å². The van der Waals surface area contributed by atoms with Gasteiger partial charge in [-0.15, -0.1) is 0 Å². The number of unbranched alkanes of at least 4 members (excludes halogenated alkanes) is 11. The summed E-state index contributed by atoms with van der Waals surface area (Å²) in [5.41, 5.74) is 0.586. The molecule has 0 saturated heterocycles. The number of hydrogen-bond acceptors (Lipinski definition) is 7. The van der Waals surface area contributed by atoms with E-state index in [4.69, 9.17) is 24.4 Å². The maximum Gasteiger partial charge on any atom is 0.339 e. The standard InChI is InChI=1S/C24H38O4.C12H10O.C6H10O4/c1-3-5-7-9-11-15-19-27-23(25)21-17-13-14-18-22(21)24(26)28-20-16-12-10-8-6-4-2;1-3-7-11(8-4-1)13-12-9-5-2-6-10-12;7-5(8)3-1-2-4-6(9)10/h13-14,17-18H,3-12,15-16,19-20H2,1-2H3;1-10H;1-4H2,(H,7,8)(H,9,10). The van der Waals surface area contributed by atoms with Gasteiger partial charge in [0.25, 0.3) is 0 Å². The Kier molecular flexibility index (Phi) is 26.3. The summed E-state index contributed by atoms with van der Waals surface area (Å²) in [4.78, 5) is 44.5. The van der Waals surface area contributed by atoms with Gasteiger partial charge in [0, 0.05) is 12.8 Å². The van der Waals surface area contributed by atoms with Crippen molar-refractivity contribution in [3.8, 4) is 11.5 Å². The number of carbonyl (C=O) groups excluding carboxylic acids is 2. The van der Waals surface area contributed by atoms with Crippen molar-refractivity contribution < 1.29 is 43.6 Å². The first-order valence-corrected chi connectivity index (χ1v) is 18.4. The number of aliphatic carboxylic acids is 2. The number of esters is 2. The minimum absolute atomic E-state index is 0.0628. The van der Waals surface area contributed by atoms with Crippen LogP contribution in [-0.4, -0.2) is 47.3 Å². The molecule has 0 spiro atoms. The van der Waals surface area contributed by atoms with Crippen molar-refractivity contribution in [1.82, 2.24) is 0 Å². The Hall–Kier alpha value is -4.66. The highest BCUT2D eigenvalue weighted by molar-refractivity contribution is 6.03. The van der Waals surface area contributed by atoms with Gasteiger partial charge in [0.2, 0.25) is 0 Å². The van der Waals surface area contributed by atoms with E-state index in [1.807, 2.05) is 60.7 Å². The lowest BCUT2D eigenvalue weighted by Gasteiger charge is -2.10. The van der Waals surface area contributed by atoms with Crippen molar-refractivity contribution >= 4 is 23.9 Å². The van der Waals surface area contributed by atoms with Crippen molar-refractivity contribution in [3.05, 3.63) is 96.1 Å². The van der Waals surface area contributed by atoms with Crippen LogP contribution in [0.3, 0.4) is 0 Å². The molecule has 9 heteroatoms. The maximum absolute atomic E-state index is 12.4. The van der Waals surface area contributed by atoms with E-state index in [0.717, 1.165) is 37.2 Å². The van der Waals surface area contributed by atoms with Gasteiger partial charge >= 0.3 is 23.9 Å². The van der Waals surface area contributed by atoms with E-state index in [0.29, 0.717) is 37.2 Å². The molecule has 0 atom stereocenters. The summed E-state index contributed by atoms with van der Waals surface area (Å²) in [5.74, 6) is -0.889. The Morgan fingerprint density at radius 2 is 0.784 bits per heavy atom. The number of ether oxygens (including phenoxy) is 3. The third-order valence-corrected chi connectivity index (χ3v) is 7.58. The molecule has 51 heavy (non-hydrogen) atoms. The summed E-state index contributed by atoms with van der Waals surface area (Å²) in [5, 5.41) is 16.3. The minimum Gasteiger partial charge on any atom is -0.481 e. The van der Waals surface area contributed by atoms with Gasteiger partial charge < -0.3 is 24.4 Å². The van der Waals surface area contributed by atoms with Gasteiger partial charge in [-0.2, -0.15) is 0 Å². The highest BCUT2D eigenvalue weighted by Gasteiger charge is 2.18. The Morgan fingerprint density at radius 3 is 1.14 bits per heavy atom. The summed E-state index contributed by atoms with van der Waals surface area (Å²) < 4.78 is 16.3. The summed E-state index contributed by atoms with van der Waals surface area (Å²) >= 11 is 0. The third-order valence-electron chi connectivity index (χ3n) is 7.58. The molecule has 0 aliphatic heterocycles. The molecule has 0 amide bonds. The molecule has 2 N–H and O–H groups in total. The van der Waals surface area contributed by atoms with Crippen LogP contribution < -0.4 is 4.74 Å². The zero-order valence-electron chi connectivity index (χ0n) is 30.6. The summed E-state index contributed by atoms with van der Waals surface area (Å²) in [6.07, 6.45) is 14.6. The molecule has 0 aliphatic carbocycles. The number of carboxylic acid groups (broad SMARTS) is 2. The Bertz CT molecular complexity index is 1240. The van der Waals surface area contributed by atoms with Crippen LogP contribution in [0, 0.1) is 0 Å². The molecule has 0 bridgehead atoms. The first-order chi connectivity index (χ1) is 24.8. The van der Waals surface area contributed by atoms with Gasteiger partial charge in [-0.05, 0) is 62.1 Å². The Labute approximate surface area is 304 Å². The van der Waals surface area contributed by atoms with E-state index in [1.165, 1.54) is 51.4 Å². The zero-order chi connectivity index (χ0) is 37.4. The molecule has 0 heterocycles. The fourth-order valence-corrected chi connectivity index (χ4v) is 4.75. The highest BCUT2D eigenvalue weighted by atomic mass is 16.5. The largest absolute Gasteiger partial charge is 0.481 e. The summed E-state index contributed by atoms with van der Waals surface area (Å²) in [6, 6.07) is 26.3. The van der Waals surface area contributed by atoms with Crippen molar-refractivity contribution in [2.24, 2.45) is 0 Å².